The Bertz CT molecular complexity index is 575. The molecular weight excluding hydrogens is 348 g/mol. The standard InChI is InChI=1S/C11H11BrN4OS2/c1-2-3-18-11-16-15-10(19-11)14-9(17)7-4-8(12)6-13-5-7/h4-6H,2-3H2,1H3,(H,14,15,17). The third kappa shape index (κ3) is 4.26. The molecule has 0 unspecified atom stereocenters. The second kappa shape index (κ2) is 6.97. The molecule has 0 saturated heterocycles. The highest BCUT2D eigenvalue weighted by molar-refractivity contribution is 9.10. The SMILES string of the molecule is CCCSc1nnc(NC(=O)c2cncc(Br)c2)s1. The normalized spacial score (nSPS) is 10.4. The number of aromatic nitrogens is 3. The topological polar surface area (TPSA) is 67.8 Å². The van der Waals surface area contributed by atoms with Gasteiger partial charge in [0.2, 0.25) is 5.13 Å². The van der Waals surface area contributed by atoms with Crippen LogP contribution < -0.4 is 5.32 Å². The lowest BCUT2D eigenvalue weighted by atomic mass is 10.3. The fourth-order valence-electron chi connectivity index (χ4n) is 1.21. The molecule has 5 nitrogen and oxygen atoms in total. The minimum atomic E-state index is -0.239. The summed E-state index contributed by atoms with van der Waals surface area (Å²) >= 11 is 6.29. The van der Waals surface area contributed by atoms with Crippen molar-refractivity contribution >= 4 is 50.1 Å². The van der Waals surface area contributed by atoms with E-state index in [0.717, 1.165) is 21.0 Å². The zero-order chi connectivity index (χ0) is 13.7. The molecule has 0 aliphatic heterocycles. The minimum absolute atomic E-state index is 0.239. The highest BCUT2D eigenvalue weighted by Gasteiger charge is 2.11. The summed E-state index contributed by atoms with van der Waals surface area (Å²) in [6.07, 6.45) is 4.21. The molecule has 1 amide bonds. The van der Waals surface area contributed by atoms with Crippen molar-refractivity contribution < 1.29 is 4.79 Å². The molecular formula is C11H11BrN4OS2. The maximum absolute atomic E-state index is 11.9. The van der Waals surface area contributed by atoms with Crippen molar-refractivity contribution in [3.63, 3.8) is 0 Å². The molecule has 19 heavy (non-hydrogen) atoms. The number of carbonyl (C=O) groups is 1. The minimum Gasteiger partial charge on any atom is -0.296 e. The van der Waals surface area contributed by atoms with Gasteiger partial charge in [-0.1, -0.05) is 30.0 Å². The van der Waals surface area contributed by atoms with E-state index in [4.69, 9.17) is 0 Å². The zero-order valence-electron chi connectivity index (χ0n) is 10.1. The lowest BCUT2D eigenvalue weighted by Crippen LogP contribution is -2.11. The maximum Gasteiger partial charge on any atom is 0.259 e. The number of anilines is 1. The number of nitrogens with one attached hydrogen (secondary N) is 1. The van der Waals surface area contributed by atoms with Crippen molar-refractivity contribution in [3.8, 4) is 0 Å². The number of rotatable bonds is 5. The summed E-state index contributed by atoms with van der Waals surface area (Å²) < 4.78 is 1.63. The Hall–Kier alpha value is -0.990. The van der Waals surface area contributed by atoms with Crippen molar-refractivity contribution in [3.05, 3.63) is 28.5 Å². The molecule has 2 heterocycles. The quantitative estimate of drug-likeness (QED) is 0.654. The lowest BCUT2D eigenvalue weighted by molar-refractivity contribution is 0.102. The highest BCUT2D eigenvalue weighted by Crippen LogP contribution is 2.26. The highest BCUT2D eigenvalue weighted by atomic mass is 79.9. The van der Waals surface area contributed by atoms with Gasteiger partial charge in [0.1, 0.15) is 0 Å². The lowest BCUT2D eigenvalue weighted by Gasteiger charge is -2.00. The van der Waals surface area contributed by atoms with Crippen LogP contribution in [-0.4, -0.2) is 26.8 Å². The van der Waals surface area contributed by atoms with Gasteiger partial charge in [0, 0.05) is 22.6 Å². The fourth-order valence-corrected chi connectivity index (χ4v) is 3.25. The summed E-state index contributed by atoms with van der Waals surface area (Å²) in [5.41, 5.74) is 0.479. The molecule has 0 aromatic carbocycles. The molecule has 1 N–H and O–H groups in total. The van der Waals surface area contributed by atoms with Gasteiger partial charge in [-0.15, -0.1) is 10.2 Å². The van der Waals surface area contributed by atoms with E-state index in [0.29, 0.717) is 10.7 Å². The molecule has 0 radical (unpaired) electrons. The number of halogens is 1. The molecule has 100 valence electrons. The molecule has 0 spiro atoms. The van der Waals surface area contributed by atoms with E-state index in [1.807, 2.05) is 0 Å². The van der Waals surface area contributed by atoms with E-state index >= 15 is 0 Å². The molecule has 0 saturated carbocycles. The zero-order valence-corrected chi connectivity index (χ0v) is 13.3. The Morgan fingerprint density at radius 2 is 2.32 bits per heavy atom. The molecule has 2 aromatic rings. The number of carbonyl (C=O) groups excluding carboxylic acids is 1. The fraction of sp³-hybridized carbons (Fsp3) is 0.273. The Labute approximate surface area is 127 Å². The van der Waals surface area contributed by atoms with Gasteiger partial charge in [-0.2, -0.15) is 0 Å². The van der Waals surface area contributed by atoms with Crippen LogP contribution in [0.1, 0.15) is 23.7 Å². The van der Waals surface area contributed by atoms with Crippen molar-refractivity contribution in [2.45, 2.75) is 17.7 Å². The van der Waals surface area contributed by atoms with E-state index in [1.165, 1.54) is 17.5 Å². The predicted octanol–water partition coefficient (Wildman–Crippen LogP) is 3.45. The first kappa shape index (κ1) is 14.4. The molecule has 8 heteroatoms. The number of amides is 1. The molecule has 0 bridgehead atoms. The van der Waals surface area contributed by atoms with E-state index in [1.54, 1.807) is 24.0 Å². The summed E-state index contributed by atoms with van der Waals surface area (Å²) in [6, 6.07) is 1.70. The number of hydrogen-bond acceptors (Lipinski definition) is 6. The summed E-state index contributed by atoms with van der Waals surface area (Å²) in [7, 11) is 0. The molecule has 0 aliphatic carbocycles. The van der Waals surface area contributed by atoms with Crippen molar-refractivity contribution in [2.75, 3.05) is 11.1 Å². The van der Waals surface area contributed by atoms with Gasteiger partial charge in [0.05, 0.1) is 5.56 Å². The van der Waals surface area contributed by atoms with E-state index in [9.17, 15) is 4.79 Å². The van der Waals surface area contributed by atoms with Gasteiger partial charge in [0.25, 0.3) is 5.91 Å². The summed E-state index contributed by atoms with van der Waals surface area (Å²) in [4.78, 5) is 15.9. The molecule has 0 fully saturated rings. The molecule has 2 aromatic heterocycles. The Kier molecular flexibility index (Phi) is 5.29. The van der Waals surface area contributed by atoms with Crippen LogP contribution in [0, 0.1) is 0 Å². The first-order valence-corrected chi connectivity index (χ1v) is 8.16. The van der Waals surface area contributed by atoms with Gasteiger partial charge in [-0.25, -0.2) is 0 Å². The average molecular weight is 359 g/mol. The third-order valence-corrected chi connectivity index (χ3v) is 4.64. The van der Waals surface area contributed by atoms with Gasteiger partial charge in [-0.05, 0) is 28.4 Å². The number of thioether (sulfide) groups is 1. The van der Waals surface area contributed by atoms with Crippen LogP contribution in [0.5, 0.6) is 0 Å². The number of nitrogens with zero attached hydrogens (tertiary/aromatic N) is 3. The van der Waals surface area contributed by atoms with Crippen LogP contribution in [0.15, 0.2) is 27.3 Å². The van der Waals surface area contributed by atoms with Crippen molar-refractivity contribution in [2.24, 2.45) is 0 Å². The largest absolute Gasteiger partial charge is 0.296 e. The Balaban J connectivity index is 2.00. The van der Waals surface area contributed by atoms with Gasteiger partial charge >= 0.3 is 0 Å². The van der Waals surface area contributed by atoms with E-state index < -0.39 is 0 Å². The number of hydrogen-bond donors (Lipinski definition) is 1. The monoisotopic (exact) mass is 358 g/mol. The predicted molar refractivity (Wildman–Crippen MR) is 80.8 cm³/mol. The summed E-state index contributed by atoms with van der Waals surface area (Å²) in [6.45, 7) is 2.11. The molecule has 0 atom stereocenters. The van der Waals surface area contributed by atoms with Gasteiger partial charge in [0.15, 0.2) is 4.34 Å². The van der Waals surface area contributed by atoms with Crippen LogP contribution in [-0.2, 0) is 0 Å². The van der Waals surface area contributed by atoms with E-state index in [2.05, 4.69) is 43.4 Å². The smallest absolute Gasteiger partial charge is 0.259 e. The number of pyridine rings is 1. The van der Waals surface area contributed by atoms with Gasteiger partial charge in [-0.3, -0.25) is 15.1 Å². The van der Waals surface area contributed by atoms with Crippen molar-refractivity contribution in [1.82, 2.24) is 15.2 Å². The average Bonchev–Trinajstić information content (AvgIpc) is 2.84. The van der Waals surface area contributed by atoms with Crippen LogP contribution in [0.25, 0.3) is 0 Å². The second-order valence-corrected chi connectivity index (χ2v) is 6.80. The van der Waals surface area contributed by atoms with Crippen LogP contribution in [0.3, 0.4) is 0 Å². The van der Waals surface area contributed by atoms with Crippen LogP contribution >= 0.6 is 39.0 Å². The van der Waals surface area contributed by atoms with Crippen LogP contribution in [0.4, 0.5) is 5.13 Å². The van der Waals surface area contributed by atoms with Crippen molar-refractivity contribution in [1.29, 1.82) is 0 Å². The Morgan fingerprint density at radius 3 is 3.05 bits per heavy atom. The molecule has 2 rings (SSSR count). The first-order chi connectivity index (χ1) is 9.19. The maximum atomic E-state index is 11.9. The Morgan fingerprint density at radius 1 is 1.47 bits per heavy atom. The van der Waals surface area contributed by atoms with E-state index in [-0.39, 0.29) is 5.91 Å². The molecule has 0 aliphatic rings. The third-order valence-electron chi connectivity index (χ3n) is 2.02. The van der Waals surface area contributed by atoms with Crippen LogP contribution in [0.2, 0.25) is 0 Å². The summed E-state index contributed by atoms with van der Waals surface area (Å²) in [5, 5.41) is 11.2. The first-order valence-electron chi connectivity index (χ1n) is 5.57. The van der Waals surface area contributed by atoms with Gasteiger partial charge < -0.3 is 0 Å². The second-order valence-electron chi connectivity index (χ2n) is 3.57. The summed E-state index contributed by atoms with van der Waals surface area (Å²) in [5.74, 6) is 0.759.